The number of carboxylic acid groups (broad SMARTS) is 1. The fraction of sp³-hybridized carbons (Fsp3) is 0.636. The second kappa shape index (κ2) is 4.96. The van der Waals surface area contributed by atoms with Gasteiger partial charge in [-0.25, -0.2) is 4.79 Å². The first-order valence-corrected chi connectivity index (χ1v) is 5.20. The van der Waals surface area contributed by atoms with Crippen molar-refractivity contribution in [3.05, 3.63) is 12.2 Å². The first kappa shape index (κ1) is 11.8. The third-order valence-corrected chi connectivity index (χ3v) is 2.85. The molecule has 0 aromatic heterocycles. The molecule has 1 aliphatic rings. The lowest BCUT2D eigenvalue weighted by atomic mass is 9.95. The van der Waals surface area contributed by atoms with Gasteiger partial charge in [0.2, 0.25) is 5.91 Å². The highest BCUT2D eigenvalue weighted by atomic mass is 16.4. The third-order valence-electron chi connectivity index (χ3n) is 2.85. The molecule has 0 saturated carbocycles. The number of amides is 1. The van der Waals surface area contributed by atoms with Crippen molar-refractivity contribution in [2.75, 3.05) is 13.1 Å². The number of carbonyl (C=O) groups is 2. The molecular weight excluding hydrogens is 194 g/mol. The molecule has 1 saturated heterocycles. The van der Waals surface area contributed by atoms with Crippen molar-refractivity contribution < 1.29 is 14.7 Å². The molecule has 15 heavy (non-hydrogen) atoms. The van der Waals surface area contributed by atoms with Crippen LogP contribution in [0.4, 0.5) is 0 Å². The van der Waals surface area contributed by atoms with Crippen LogP contribution in [0.3, 0.4) is 0 Å². The van der Waals surface area contributed by atoms with E-state index in [0.717, 1.165) is 31.7 Å². The molecular formula is C11H17NO3. The number of rotatable bonds is 3. The van der Waals surface area contributed by atoms with Crippen molar-refractivity contribution in [3.63, 3.8) is 0 Å². The van der Waals surface area contributed by atoms with Gasteiger partial charge in [-0.1, -0.05) is 13.8 Å². The van der Waals surface area contributed by atoms with Crippen molar-refractivity contribution in [2.24, 2.45) is 11.8 Å². The predicted molar refractivity (Wildman–Crippen MR) is 56.3 cm³/mol. The summed E-state index contributed by atoms with van der Waals surface area (Å²) in [5.74, 6) is -0.151. The van der Waals surface area contributed by atoms with Crippen LogP contribution < -0.4 is 0 Å². The molecule has 1 aliphatic heterocycles. The fourth-order valence-electron chi connectivity index (χ4n) is 1.78. The molecule has 1 amide bonds. The summed E-state index contributed by atoms with van der Waals surface area (Å²) in [7, 11) is 0. The number of carboxylic acids is 1. The van der Waals surface area contributed by atoms with E-state index < -0.39 is 5.97 Å². The maximum atomic E-state index is 11.5. The van der Waals surface area contributed by atoms with E-state index in [1.807, 2.05) is 0 Å². The maximum absolute atomic E-state index is 11.5. The SMILES string of the molecule is CC(C)C1CCN(C(=O)/C=C/C(=O)O)C1. The van der Waals surface area contributed by atoms with Gasteiger partial charge >= 0.3 is 5.97 Å². The van der Waals surface area contributed by atoms with Gasteiger partial charge in [0.1, 0.15) is 0 Å². The highest BCUT2D eigenvalue weighted by Crippen LogP contribution is 2.23. The van der Waals surface area contributed by atoms with Crippen LogP contribution in [0.5, 0.6) is 0 Å². The Morgan fingerprint density at radius 2 is 2.07 bits per heavy atom. The third kappa shape index (κ3) is 3.38. The quantitative estimate of drug-likeness (QED) is 0.712. The summed E-state index contributed by atoms with van der Waals surface area (Å²) >= 11 is 0. The minimum absolute atomic E-state index is 0.194. The van der Waals surface area contributed by atoms with E-state index in [4.69, 9.17) is 5.11 Å². The van der Waals surface area contributed by atoms with Gasteiger partial charge in [-0.3, -0.25) is 4.79 Å². The largest absolute Gasteiger partial charge is 0.478 e. The Bertz CT molecular complexity index is 284. The topological polar surface area (TPSA) is 57.6 Å². The molecule has 1 N–H and O–H groups in total. The van der Waals surface area contributed by atoms with Crippen LogP contribution in [0.15, 0.2) is 12.2 Å². The highest BCUT2D eigenvalue weighted by molar-refractivity contribution is 5.94. The molecule has 84 valence electrons. The first-order valence-electron chi connectivity index (χ1n) is 5.20. The van der Waals surface area contributed by atoms with Crippen molar-refractivity contribution in [3.8, 4) is 0 Å². The lowest BCUT2D eigenvalue weighted by Gasteiger charge is -2.16. The molecule has 1 heterocycles. The molecule has 0 aromatic carbocycles. The number of likely N-dealkylation sites (tertiary alicyclic amines) is 1. The van der Waals surface area contributed by atoms with Gasteiger partial charge in [-0.15, -0.1) is 0 Å². The summed E-state index contributed by atoms with van der Waals surface area (Å²) in [6.07, 6.45) is 3.04. The van der Waals surface area contributed by atoms with Gasteiger partial charge < -0.3 is 10.0 Å². The van der Waals surface area contributed by atoms with Crippen molar-refractivity contribution >= 4 is 11.9 Å². The average Bonchev–Trinajstić information content (AvgIpc) is 2.62. The molecule has 1 fully saturated rings. The second-order valence-corrected chi connectivity index (χ2v) is 4.25. The number of hydrogen-bond acceptors (Lipinski definition) is 2. The fourth-order valence-corrected chi connectivity index (χ4v) is 1.78. The molecule has 0 bridgehead atoms. The minimum Gasteiger partial charge on any atom is -0.478 e. The summed E-state index contributed by atoms with van der Waals surface area (Å²) in [4.78, 5) is 23.4. The first-order chi connectivity index (χ1) is 7.00. The van der Waals surface area contributed by atoms with Crippen LogP contribution in [0.1, 0.15) is 20.3 Å². The van der Waals surface area contributed by atoms with Crippen LogP contribution in [-0.2, 0) is 9.59 Å². The molecule has 1 rings (SSSR count). The molecule has 0 aliphatic carbocycles. The van der Waals surface area contributed by atoms with Crippen LogP contribution in [-0.4, -0.2) is 35.0 Å². The van der Waals surface area contributed by atoms with Gasteiger partial charge in [0.15, 0.2) is 0 Å². The van der Waals surface area contributed by atoms with E-state index in [1.165, 1.54) is 0 Å². The Hall–Kier alpha value is -1.32. The molecule has 1 atom stereocenters. The smallest absolute Gasteiger partial charge is 0.328 e. The predicted octanol–water partition coefficient (Wildman–Crippen LogP) is 1.13. The van der Waals surface area contributed by atoms with Crippen molar-refractivity contribution in [1.82, 2.24) is 4.90 Å². The summed E-state index contributed by atoms with van der Waals surface area (Å²) in [6.45, 7) is 5.78. The molecule has 0 aromatic rings. The number of nitrogens with zero attached hydrogens (tertiary/aromatic N) is 1. The van der Waals surface area contributed by atoms with E-state index in [1.54, 1.807) is 4.90 Å². The minimum atomic E-state index is -1.08. The lowest BCUT2D eigenvalue weighted by Crippen LogP contribution is -2.27. The monoisotopic (exact) mass is 211 g/mol. The Balaban J connectivity index is 2.47. The normalized spacial score (nSPS) is 21.5. The van der Waals surface area contributed by atoms with E-state index in [0.29, 0.717) is 11.8 Å². The van der Waals surface area contributed by atoms with Gasteiger partial charge in [-0.05, 0) is 18.3 Å². The second-order valence-electron chi connectivity index (χ2n) is 4.25. The van der Waals surface area contributed by atoms with Crippen molar-refractivity contribution in [1.29, 1.82) is 0 Å². The number of hydrogen-bond donors (Lipinski definition) is 1. The molecule has 4 heteroatoms. The molecule has 1 unspecified atom stereocenters. The van der Waals surface area contributed by atoms with Crippen LogP contribution in [0.2, 0.25) is 0 Å². The lowest BCUT2D eigenvalue weighted by molar-refractivity contribution is -0.132. The zero-order valence-electron chi connectivity index (χ0n) is 9.14. The maximum Gasteiger partial charge on any atom is 0.328 e. The molecule has 0 spiro atoms. The number of aliphatic carboxylic acids is 1. The van der Waals surface area contributed by atoms with Gasteiger partial charge in [-0.2, -0.15) is 0 Å². The van der Waals surface area contributed by atoms with Crippen molar-refractivity contribution in [2.45, 2.75) is 20.3 Å². The zero-order chi connectivity index (χ0) is 11.4. The standard InChI is InChI=1S/C11H17NO3/c1-8(2)9-5-6-12(7-9)10(13)3-4-11(14)15/h3-4,8-9H,5-7H2,1-2H3,(H,14,15)/b4-3+. The van der Waals surface area contributed by atoms with E-state index in [-0.39, 0.29) is 5.91 Å². The Morgan fingerprint density at radius 1 is 1.40 bits per heavy atom. The van der Waals surface area contributed by atoms with Crippen LogP contribution >= 0.6 is 0 Å². The van der Waals surface area contributed by atoms with Crippen LogP contribution in [0.25, 0.3) is 0 Å². The van der Waals surface area contributed by atoms with Gasteiger partial charge in [0.25, 0.3) is 0 Å². The summed E-state index contributed by atoms with van der Waals surface area (Å²) in [6, 6.07) is 0. The average molecular weight is 211 g/mol. The van der Waals surface area contributed by atoms with E-state index in [9.17, 15) is 9.59 Å². The highest BCUT2D eigenvalue weighted by Gasteiger charge is 2.26. The summed E-state index contributed by atoms with van der Waals surface area (Å²) in [5.41, 5.74) is 0. The van der Waals surface area contributed by atoms with E-state index in [2.05, 4.69) is 13.8 Å². The zero-order valence-corrected chi connectivity index (χ0v) is 9.14. The Kier molecular flexibility index (Phi) is 3.88. The Morgan fingerprint density at radius 3 is 2.53 bits per heavy atom. The van der Waals surface area contributed by atoms with Gasteiger partial charge in [0, 0.05) is 25.2 Å². The number of carbonyl (C=O) groups excluding carboxylic acids is 1. The van der Waals surface area contributed by atoms with Crippen LogP contribution in [0, 0.1) is 11.8 Å². The summed E-state index contributed by atoms with van der Waals surface area (Å²) < 4.78 is 0. The van der Waals surface area contributed by atoms with Gasteiger partial charge in [0.05, 0.1) is 0 Å². The van der Waals surface area contributed by atoms with E-state index >= 15 is 0 Å². The molecule has 4 nitrogen and oxygen atoms in total. The summed E-state index contributed by atoms with van der Waals surface area (Å²) in [5, 5.41) is 8.39. The molecule has 0 radical (unpaired) electrons. The Labute approximate surface area is 89.6 Å².